The summed E-state index contributed by atoms with van der Waals surface area (Å²) in [6, 6.07) is 0.0658. The second-order valence-electron chi connectivity index (χ2n) is 5.90. The zero-order valence-electron chi connectivity index (χ0n) is 13.0. The number of aromatic nitrogens is 3. The Kier molecular flexibility index (Phi) is 4.39. The maximum atomic E-state index is 14.1. The van der Waals surface area contributed by atoms with Crippen LogP contribution in [-0.4, -0.2) is 44.7 Å². The van der Waals surface area contributed by atoms with E-state index < -0.39 is 5.82 Å². The number of amides is 1. The highest BCUT2D eigenvalue weighted by Crippen LogP contribution is 2.31. The molecule has 6 nitrogen and oxygen atoms in total. The van der Waals surface area contributed by atoms with Gasteiger partial charge in [-0.3, -0.25) is 0 Å². The lowest BCUT2D eigenvalue weighted by atomic mass is 10.1. The van der Waals surface area contributed by atoms with E-state index in [9.17, 15) is 9.18 Å². The van der Waals surface area contributed by atoms with Crippen molar-refractivity contribution in [1.82, 2.24) is 19.4 Å². The number of hydrogen-bond donors (Lipinski definition) is 0. The van der Waals surface area contributed by atoms with Crippen LogP contribution in [0, 0.1) is 5.82 Å². The molecule has 2 aromatic heterocycles. The van der Waals surface area contributed by atoms with Crippen molar-refractivity contribution in [2.45, 2.75) is 38.8 Å². The molecule has 0 aromatic carbocycles. The topological polar surface area (TPSA) is 60.2 Å². The molecule has 0 saturated carbocycles. The largest absolute Gasteiger partial charge is 0.447 e. The number of piperidine rings is 1. The van der Waals surface area contributed by atoms with Gasteiger partial charge in [-0.25, -0.2) is 19.2 Å². The van der Waals surface area contributed by atoms with Crippen LogP contribution in [0.3, 0.4) is 0 Å². The van der Waals surface area contributed by atoms with E-state index in [2.05, 4.69) is 9.97 Å². The number of ether oxygens (including phenoxy) is 1. The Balaban J connectivity index is 1.76. The molecule has 8 heteroatoms. The van der Waals surface area contributed by atoms with Gasteiger partial charge in [0.05, 0.1) is 11.5 Å². The second-order valence-corrected chi connectivity index (χ2v) is 6.26. The third-order valence-corrected chi connectivity index (χ3v) is 4.26. The van der Waals surface area contributed by atoms with Crippen LogP contribution in [0.1, 0.15) is 32.7 Å². The number of hydrogen-bond acceptors (Lipinski definition) is 4. The Labute approximate surface area is 138 Å². The van der Waals surface area contributed by atoms with E-state index >= 15 is 0 Å². The van der Waals surface area contributed by atoms with Crippen molar-refractivity contribution in [2.75, 3.05) is 13.1 Å². The molecule has 1 aliphatic heterocycles. The summed E-state index contributed by atoms with van der Waals surface area (Å²) in [5.74, 6) is -0.424. The molecule has 23 heavy (non-hydrogen) atoms. The fourth-order valence-corrected chi connectivity index (χ4v) is 3.10. The van der Waals surface area contributed by atoms with Gasteiger partial charge in [0.15, 0.2) is 5.82 Å². The van der Waals surface area contributed by atoms with Gasteiger partial charge in [0.2, 0.25) is 0 Å². The van der Waals surface area contributed by atoms with Crippen LogP contribution in [0.5, 0.6) is 0 Å². The van der Waals surface area contributed by atoms with Gasteiger partial charge >= 0.3 is 6.09 Å². The summed E-state index contributed by atoms with van der Waals surface area (Å²) in [5, 5.41) is 0.361. The zero-order chi connectivity index (χ0) is 16.6. The van der Waals surface area contributed by atoms with Crippen LogP contribution in [-0.2, 0) is 4.74 Å². The fourth-order valence-electron chi connectivity index (χ4n) is 2.89. The molecule has 0 spiro atoms. The molecule has 0 radical (unpaired) electrons. The molecule has 0 atom stereocenters. The van der Waals surface area contributed by atoms with Crippen molar-refractivity contribution >= 4 is 28.7 Å². The summed E-state index contributed by atoms with van der Waals surface area (Å²) < 4.78 is 21.1. The minimum atomic E-state index is -0.424. The number of rotatable bonds is 2. The Hall–Kier alpha value is -1.89. The molecule has 124 valence electrons. The minimum Gasteiger partial charge on any atom is -0.447 e. The first kappa shape index (κ1) is 16.0. The van der Waals surface area contributed by atoms with Gasteiger partial charge < -0.3 is 14.2 Å². The Bertz CT molecular complexity index is 726. The Morgan fingerprint density at radius 1 is 1.39 bits per heavy atom. The average Bonchev–Trinajstić information content (AvgIpc) is 2.85. The molecule has 1 aliphatic rings. The maximum Gasteiger partial charge on any atom is 0.410 e. The van der Waals surface area contributed by atoms with Crippen LogP contribution in [0.2, 0.25) is 5.15 Å². The number of nitrogens with zero attached hydrogens (tertiary/aromatic N) is 4. The molecule has 0 N–H and O–H groups in total. The van der Waals surface area contributed by atoms with Crippen molar-refractivity contribution < 1.29 is 13.9 Å². The van der Waals surface area contributed by atoms with E-state index in [1.54, 1.807) is 9.47 Å². The van der Waals surface area contributed by atoms with E-state index in [-0.39, 0.29) is 28.8 Å². The van der Waals surface area contributed by atoms with Crippen LogP contribution < -0.4 is 0 Å². The van der Waals surface area contributed by atoms with Gasteiger partial charge in [-0.15, -0.1) is 0 Å². The second kappa shape index (κ2) is 6.31. The summed E-state index contributed by atoms with van der Waals surface area (Å²) in [7, 11) is 0. The highest BCUT2D eigenvalue weighted by atomic mass is 35.5. The molecule has 1 amide bonds. The van der Waals surface area contributed by atoms with Gasteiger partial charge in [-0.1, -0.05) is 11.6 Å². The molecule has 2 aromatic rings. The molecule has 0 unspecified atom stereocenters. The van der Waals surface area contributed by atoms with Gasteiger partial charge in [0.1, 0.15) is 17.1 Å². The quantitative estimate of drug-likeness (QED) is 0.786. The summed E-state index contributed by atoms with van der Waals surface area (Å²) in [5.41, 5.74) is 0.491. The highest BCUT2D eigenvalue weighted by molar-refractivity contribution is 6.34. The predicted octanol–water partition coefficient (Wildman–Crippen LogP) is 3.41. The van der Waals surface area contributed by atoms with Crippen molar-refractivity contribution in [3.8, 4) is 0 Å². The molecule has 1 fully saturated rings. The lowest BCUT2D eigenvalue weighted by Crippen LogP contribution is -2.40. The number of halogens is 2. The van der Waals surface area contributed by atoms with Crippen molar-refractivity contribution in [1.29, 1.82) is 0 Å². The third-order valence-electron chi connectivity index (χ3n) is 3.97. The summed E-state index contributed by atoms with van der Waals surface area (Å²) in [6.45, 7) is 4.78. The van der Waals surface area contributed by atoms with Crippen LogP contribution in [0.25, 0.3) is 11.0 Å². The first-order valence-corrected chi connectivity index (χ1v) is 7.97. The van der Waals surface area contributed by atoms with Crippen molar-refractivity contribution in [3.05, 3.63) is 23.5 Å². The molecule has 0 bridgehead atoms. The first-order valence-electron chi connectivity index (χ1n) is 7.59. The third kappa shape index (κ3) is 3.10. The number of carbonyl (C=O) groups excluding carboxylic acids is 1. The number of carbonyl (C=O) groups is 1. The summed E-state index contributed by atoms with van der Waals surface area (Å²) in [4.78, 5) is 21.6. The maximum absolute atomic E-state index is 14.1. The molecule has 0 aliphatic carbocycles. The minimum absolute atomic E-state index is 0.0658. The molecular weight excluding hydrogens is 323 g/mol. The normalized spacial score (nSPS) is 16.3. The highest BCUT2D eigenvalue weighted by Gasteiger charge is 2.27. The SMILES string of the molecule is CC(C)OC(=O)N1CCC(n2cc(F)c3c(Cl)ncnc32)CC1. The van der Waals surface area contributed by atoms with Gasteiger partial charge in [-0.2, -0.15) is 0 Å². The molecule has 1 saturated heterocycles. The monoisotopic (exact) mass is 340 g/mol. The Morgan fingerprint density at radius 3 is 2.74 bits per heavy atom. The predicted molar refractivity (Wildman–Crippen MR) is 84.0 cm³/mol. The number of fused-ring (bicyclic) bond motifs is 1. The zero-order valence-corrected chi connectivity index (χ0v) is 13.8. The smallest absolute Gasteiger partial charge is 0.410 e. The van der Waals surface area contributed by atoms with Crippen molar-refractivity contribution in [3.63, 3.8) is 0 Å². The standard InChI is InChI=1S/C15H18ClFN4O2/c1-9(2)23-15(22)20-5-3-10(4-6-20)21-7-11(17)12-13(16)18-8-19-14(12)21/h7-10H,3-6H2,1-2H3. The average molecular weight is 341 g/mol. The van der Waals surface area contributed by atoms with Gasteiger partial charge in [-0.05, 0) is 26.7 Å². The first-order chi connectivity index (χ1) is 11.0. The molecular formula is C15H18ClFN4O2. The van der Waals surface area contributed by atoms with E-state index in [1.807, 2.05) is 13.8 Å². The fraction of sp³-hybridized carbons (Fsp3) is 0.533. The molecule has 3 rings (SSSR count). The Morgan fingerprint density at radius 2 is 2.09 bits per heavy atom. The summed E-state index contributed by atoms with van der Waals surface area (Å²) in [6.07, 6.45) is 3.72. The molecule has 3 heterocycles. The lowest BCUT2D eigenvalue weighted by Gasteiger charge is -2.32. The summed E-state index contributed by atoms with van der Waals surface area (Å²) >= 11 is 5.95. The lowest BCUT2D eigenvalue weighted by molar-refractivity contribution is 0.0663. The van der Waals surface area contributed by atoms with Gasteiger partial charge in [0.25, 0.3) is 0 Å². The van der Waals surface area contributed by atoms with Crippen LogP contribution >= 0.6 is 11.6 Å². The number of likely N-dealkylation sites (tertiary alicyclic amines) is 1. The van der Waals surface area contributed by atoms with Crippen LogP contribution in [0.4, 0.5) is 9.18 Å². The van der Waals surface area contributed by atoms with Crippen LogP contribution in [0.15, 0.2) is 12.5 Å². The van der Waals surface area contributed by atoms with E-state index in [0.717, 1.165) is 0 Å². The van der Waals surface area contributed by atoms with E-state index in [0.29, 0.717) is 31.6 Å². The van der Waals surface area contributed by atoms with E-state index in [1.165, 1.54) is 12.5 Å². The van der Waals surface area contributed by atoms with E-state index in [4.69, 9.17) is 16.3 Å². The van der Waals surface area contributed by atoms with Crippen molar-refractivity contribution in [2.24, 2.45) is 0 Å². The van der Waals surface area contributed by atoms with Gasteiger partial charge in [0, 0.05) is 25.3 Å².